The number of hydrogen-bond donors (Lipinski definition) is 7. The molecule has 0 aromatic rings. The minimum atomic E-state index is -1.76. The van der Waals surface area contributed by atoms with E-state index in [1.807, 2.05) is 0 Å². The third kappa shape index (κ3) is 6.79. The van der Waals surface area contributed by atoms with Gasteiger partial charge in [0.05, 0.1) is 13.2 Å². The van der Waals surface area contributed by atoms with Crippen molar-refractivity contribution in [3.8, 4) is 0 Å². The van der Waals surface area contributed by atoms with Crippen molar-refractivity contribution in [3.63, 3.8) is 0 Å². The van der Waals surface area contributed by atoms with Crippen molar-refractivity contribution in [2.45, 2.75) is 107 Å². The highest BCUT2D eigenvalue weighted by molar-refractivity contribution is 5.69. The van der Waals surface area contributed by atoms with Gasteiger partial charge in [0.25, 0.3) is 0 Å². The summed E-state index contributed by atoms with van der Waals surface area (Å²) in [5.74, 6) is -0.604. The number of aliphatic hydroxyl groups excluding tert-OH is 7. The highest BCUT2D eigenvalue weighted by Gasteiger charge is 2.51. The van der Waals surface area contributed by atoms with Crippen LogP contribution in [0.4, 0.5) is 0 Å². The van der Waals surface area contributed by atoms with Gasteiger partial charge in [-0.3, -0.25) is 4.79 Å². The van der Waals surface area contributed by atoms with E-state index in [2.05, 4.69) is 6.92 Å². The lowest BCUT2D eigenvalue weighted by molar-refractivity contribution is -0.355. The number of unbranched alkanes of at least 4 members (excludes halogenated alkanes) is 4. The van der Waals surface area contributed by atoms with E-state index in [0.29, 0.717) is 6.42 Å². The molecule has 0 aromatic carbocycles. The molecule has 10 atom stereocenters. The molecule has 2 aliphatic heterocycles. The second kappa shape index (κ2) is 13.1. The van der Waals surface area contributed by atoms with Crippen LogP contribution in [0, 0.1) is 0 Å². The summed E-state index contributed by atoms with van der Waals surface area (Å²) in [5, 5.41) is 69.5. The van der Waals surface area contributed by atoms with Crippen LogP contribution in [-0.2, 0) is 23.7 Å². The van der Waals surface area contributed by atoms with Crippen LogP contribution in [0.25, 0.3) is 0 Å². The Kier molecular flexibility index (Phi) is 11.2. The number of rotatable bonds is 11. The molecule has 2 saturated heterocycles. The summed E-state index contributed by atoms with van der Waals surface area (Å²) in [5.41, 5.74) is 0. The van der Waals surface area contributed by atoms with Gasteiger partial charge in [0.15, 0.2) is 18.7 Å². The van der Waals surface area contributed by atoms with Crippen molar-refractivity contribution in [2.75, 3.05) is 13.2 Å². The van der Waals surface area contributed by atoms with Crippen molar-refractivity contribution >= 4 is 5.97 Å². The number of carbonyl (C=O) groups is 1. The molecule has 0 unspecified atom stereocenters. The SMILES string of the molecule is CCCCCCCC(=O)O[C@H]1[C@H](O)[C@@H](O)[C@H](O[C@H]2[C@H](O)[C@@H](O)[C@H](O)O[C@@H]2CO)O[C@@H]1CO. The summed E-state index contributed by atoms with van der Waals surface area (Å²) >= 11 is 0. The van der Waals surface area contributed by atoms with Gasteiger partial charge >= 0.3 is 5.97 Å². The molecule has 0 radical (unpaired) electrons. The molecular weight excluding hydrogens is 432 g/mol. The van der Waals surface area contributed by atoms with Crippen molar-refractivity contribution in [3.05, 3.63) is 0 Å². The molecule has 0 aliphatic carbocycles. The summed E-state index contributed by atoms with van der Waals surface area (Å²) in [4.78, 5) is 12.1. The molecular formula is C20H36O12. The smallest absolute Gasteiger partial charge is 0.306 e. The molecule has 0 aromatic heterocycles. The Morgan fingerprint density at radius 3 is 2.00 bits per heavy atom. The number of hydrogen-bond acceptors (Lipinski definition) is 12. The average molecular weight is 468 g/mol. The van der Waals surface area contributed by atoms with Gasteiger partial charge in [0.1, 0.15) is 42.7 Å². The Hall–Kier alpha value is -0.930. The van der Waals surface area contributed by atoms with Crippen LogP contribution >= 0.6 is 0 Å². The lowest BCUT2D eigenvalue weighted by Crippen LogP contribution is -2.65. The van der Waals surface area contributed by atoms with Gasteiger partial charge < -0.3 is 54.7 Å². The zero-order valence-electron chi connectivity index (χ0n) is 18.1. The lowest BCUT2D eigenvalue weighted by atomic mass is 9.97. The Balaban J connectivity index is 1.98. The Morgan fingerprint density at radius 1 is 0.781 bits per heavy atom. The van der Waals surface area contributed by atoms with Gasteiger partial charge in [-0.1, -0.05) is 32.6 Å². The van der Waals surface area contributed by atoms with Gasteiger partial charge in [-0.25, -0.2) is 0 Å². The third-order valence-electron chi connectivity index (χ3n) is 5.70. The zero-order valence-corrected chi connectivity index (χ0v) is 18.1. The summed E-state index contributed by atoms with van der Waals surface area (Å²) in [6.45, 7) is 0.707. The summed E-state index contributed by atoms with van der Waals surface area (Å²) in [6, 6.07) is 0. The zero-order chi connectivity index (χ0) is 23.8. The lowest BCUT2D eigenvalue weighted by Gasteiger charge is -2.45. The molecule has 0 amide bonds. The first-order chi connectivity index (χ1) is 15.2. The first-order valence-electron chi connectivity index (χ1n) is 11.0. The van der Waals surface area contributed by atoms with Crippen LogP contribution in [0.2, 0.25) is 0 Å². The van der Waals surface area contributed by atoms with Crippen LogP contribution in [-0.4, -0.2) is 116 Å². The largest absolute Gasteiger partial charge is 0.457 e. The maximum atomic E-state index is 12.1. The summed E-state index contributed by atoms with van der Waals surface area (Å²) in [7, 11) is 0. The first kappa shape index (κ1) is 27.3. The minimum absolute atomic E-state index is 0.116. The second-order valence-electron chi connectivity index (χ2n) is 8.15. The van der Waals surface area contributed by atoms with E-state index in [1.165, 1.54) is 0 Å². The standard InChI is InChI=1S/C20H36O12/c1-2-3-4-5-6-7-12(23)31-17-11(9-22)30-20(16(27)14(17)25)32-18-10(8-21)29-19(28)15(26)13(18)24/h10-11,13-22,24-28H,2-9H2,1H3/t10-,11-,13-,14-,15-,16-,17-,18-,19-,20+/m1/s1. The van der Waals surface area contributed by atoms with Crippen LogP contribution < -0.4 is 0 Å². The number of aliphatic hydroxyl groups is 7. The third-order valence-corrected chi connectivity index (χ3v) is 5.70. The van der Waals surface area contributed by atoms with E-state index < -0.39 is 80.6 Å². The Bertz CT molecular complexity index is 559. The molecule has 188 valence electrons. The topological polar surface area (TPSA) is 196 Å². The molecule has 12 nitrogen and oxygen atoms in total. The van der Waals surface area contributed by atoms with Gasteiger partial charge in [-0.15, -0.1) is 0 Å². The van der Waals surface area contributed by atoms with Gasteiger partial charge in [-0.2, -0.15) is 0 Å². The quantitative estimate of drug-likeness (QED) is 0.125. The maximum absolute atomic E-state index is 12.1. The predicted molar refractivity (Wildman–Crippen MR) is 106 cm³/mol. The van der Waals surface area contributed by atoms with Crippen molar-refractivity contribution in [1.82, 2.24) is 0 Å². The minimum Gasteiger partial charge on any atom is -0.457 e. The van der Waals surface area contributed by atoms with Crippen molar-refractivity contribution < 1.29 is 59.5 Å². The van der Waals surface area contributed by atoms with Gasteiger partial charge in [0, 0.05) is 6.42 Å². The number of esters is 1. The van der Waals surface area contributed by atoms with E-state index in [9.17, 15) is 40.5 Å². The highest BCUT2D eigenvalue weighted by Crippen LogP contribution is 2.29. The second-order valence-corrected chi connectivity index (χ2v) is 8.15. The fourth-order valence-electron chi connectivity index (χ4n) is 3.78. The average Bonchev–Trinajstić information content (AvgIpc) is 2.78. The number of ether oxygens (including phenoxy) is 4. The van der Waals surface area contributed by atoms with Crippen molar-refractivity contribution in [1.29, 1.82) is 0 Å². The van der Waals surface area contributed by atoms with E-state index in [-0.39, 0.29) is 6.42 Å². The number of carbonyl (C=O) groups excluding carboxylic acids is 1. The molecule has 2 aliphatic rings. The Labute approximate surface area is 186 Å². The predicted octanol–water partition coefficient (Wildman–Crippen LogP) is -2.49. The van der Waals surface area contributed by atoms with Crippen LogP contribution in [0.1, 0.15) is 45.4 Å². The van der Waals surface area contributed by atoms with Gasteiger partial charge in [-0.05, 0) is 6.42 Å². The fraction of sp³-hybridized carbons (Fsp3) is 0.950. The molecule has 2 rings (SSSR count). The van der Waals surface area contributed by atoms with Crippen LogP contribution in [0.5, 0.6) is 0 Å². The van der Waals surface area contributed by atoms with Crippen LogP contribution in [0.15, 0.2) is 0 Å². The molecule has 0 bridgehead atoms. The summed E-state index contributed by atoms with van der Waals surface area (Å²) < 4.78 is 21.1. The van der Waals surface area contributed by atoms with E-state index in [1.54, 1.807) is 0 Å². The van der Waals surface area contributed by atoms with Gasteiger partial charge in [0.2, 0.25) is 0 Å². The molecule has 2 fully saturated rings. The van der Waals surface area contributed by atoms with E-state index in [0.717, 1.165) is 25.7 Å². The molecule has 7 N–H and O–H groups in total. The van der Waals surface area contributed by atoms with E-state index in [4.69, 9.17) is 18.9 Å². The fourth-order valence-corrected chi connectivity index (χ4v) is 3.78. The monoisotopic (exact) mass is 468 g/mol. The Morgan fingerprint density at radius 2 is 1.38 bits per heavy atom. The molecule has 0 spiro atoms. The highest BCUT2D eigenvalue weighted by atomic mass is 16.7. The summed E-state index contributed by atoms with van der Waals surface area (Å²) in [6.07, 6.45) is -10.9. The molecule has 2 heterocycles. The molecule has 0 saturated carbocycles. The maximum Gasteiger partial charge on any atom is 0.306 e. The van der Waals surface area contributed by atoms with Crippen molar-refractivity contribution in [2.24, 2.45) is 0 Å². The molecule has 12 heteroatoms. The first-order valence-corrected chi connectivity index (χ1v) is 11.0. The normalized spacial score (nSPS) is 40.2. The van der Waals surface area contributed by atoms with Crippen LogP contribution in [0.3, 0.4) is 0 Å². The molecule has 32 heavy (non-hydrogen) atoms. The van der Waals surface area contributed by atoms with E-state index >= 15 is 0 Å².